The molecule has 0 spiro atoms. The lowest BCUT2D eigenvalue weighted by atomic mass is 10.1. The van der Waals surface area contributed by atoms with Gasteiger partial charge >= 0.3 is 0 Å². The van der Waals surface area contributed by atoms with Gasteiger partial charge in [0, 0.05) is 5.38 Å². The Morgan fingerprint density at radius 2 is 1.70 bits per heavy atom. The van der Waals surface area contributed by atoms with Crippen LogP contribution in [-0.4, -0.2) is 5.38 Å². The fourth-order valence-electron chi connectivity index (χ4n) is 1.03. The first-order valence-electron chi connectivity index (χ1n) is 4.41. The molecule has 0 saturated heterocycles. The molecule has 0 radical (unpaired) electrons. The highest BCUT2D eigenvalue weighted by molar-refractivity contribution is 6.20. The van der Waals surface area contributed by atoms with Crippen LogP contribution in [0.15, 0.2) is 0 Å². The molecule has 0 bridgehead atoms. The van der Waals surface area contributed by atoms with Crippen LogP contribution in [0.1, 0.15) is 52.4 Å². The van der Waals surface area contributed by atoms with Crippen molar-refractivity contribution in [2.45, 2.75) is 57.7 Å². The Kier molecular flexibility index (Phi) is 7.61. The molecule has 0 aliphatic rings. The molecule has 0 heterocycles. The van der Waals surface area contributed by atoms with Crippen molar-refractivity contribution in [3.8, 4) is 0 Å². The summed E-state index contributed by atoms with van der Waals surface area (Å²) in [6.45, 7) is 4.31. The third kappa shape index (κ3) is 8.29. The molecule has 0 aromatic carbocycles. The van der Waals surface area contributed by atoms with Crippen LogP contribution in [0.2, 0.25) is 0 Å². The van der Waals surface area contributed by atoms with E-state index in [9.17, 15) is 0 Å². The normalized spacial score (nSPS) is 13.5. The van der Waals surface area contributed by atoms with E-state index in [1.54, 1.807) is 0 Å². The smallest absolute Gasteiger partial charge is 0.0307 e. The van der Waals surface area contributed by atoms with E-state index in [1.807, 2.05) is 0 Å². The van der Waals surface area contributed by atoms with E-state index in [4.69, 9.17) is 11.6 Å². The molecule has 0 aromatic rings. The highest BCUT2D eigenvalue weighted by atomic mass is 35.5. The van der Waals surface area contributed by atoms with Crippen LogP contribution in [-0.2, 0) is 0 Å². The van der Waals surface area contributed by atoms with Gasteiger partial charge in [-0.1, -0.05) is 39.0 Å². The van der Waals surface area contributed by atoms with Gasteiger partial charge in [-0.2, -0.15) is 0 Å². The molecular weight excluding hydrogens is 144 g/mol. The second-order valence-electron chi connectivity index (χ2n) is 2.98. The molecule has 0 aromatic heterocycles. The van der Waals surface area contributed by atoms with Gasteiger partial charge in [0.2, 0.25) is 0 Å². The van der Waals surface area contributed by atoms with Gasteiger partial charge in [-0.15, -0.1) is 11.6 Å². The van der Waals surface area contributed by atoms with Gasteiger partial charge in [0.15, 0.2) is 0 Å². The fourth-order valence-corrected chi connectivity index (χ4v) is 1.18. The Bertz CT molecular complexity index is 59.7. The molecule has 0 unspecified atom stereocenters. The van der Waals surface area contributed by atoms with Crippen molar-refractivity contribution >= 4 is 11.6 Å². The summed E-state index contributed by atoms with van der Waals surface area (Å²) in [7, 11) is 0. The maximum absolute atomic E-state index is 5.79. The quantitative estimate of drug-likeness (QED) is 0.410. The zero-order valence-electron chi connectivity index (χ0n) is 7.20. The molecule has 0 rings (SSSR count). The summed E-state index contributed by atoms with van der Waals surface area (Å²) in [6, 6.07) is 0. The van der Waals surface area contributed by atoms with Crippen molar-refractivity contribution < 1.29 is 0 Å². The predicted molar refractivity (Wildman–Crippen MR) is 48.7 cm³/mol. The Labute approximate surface area is 70.0 Å². The first-order valence-corrected chi connectivity index (χ1v) is 4.85. The standard InChI is InChI=1S/C9H19Cl/c1-3-4-5-6-7-8-9(2)10/h9H,3-8H2,1-2H3/t9-/m0/s1. The molecule has 1 heteroatoms. The average molecular weight is 163 g/mol. The molecule has 0 nitrogen and oxygen atoms in total. The second kappa shape index (κ2) is 7.40. The maximum atomic E-state index is 5.79. The van der Waals surface area contributed by atoms with Gasteiger partial charge in [-0.25, -0.2) is 0 Å². The summed E-state index contributed by atoms with van der Waals surface area (Å²) in [5.74, 6) is 0. The van der Waals surface area contributed by atoms with Gasteiger partial charge in [0.1, 0.15) is 0 Å². The molecule has 0 N–H and O–H groups in total. The number of hydrogen-bond acceptors (Lipinski definition) is 0. The highest BCUT2D eigenvalue weighted by Gasteiger charge is 1.94. The second-order valence-corrected chi connectivity index (χ2v) is 3.73. The average Bonchev–Trinajstić information content (AvgIpc) is 1.87. The minimum atomic E-state index is 0.377. The van der Waals surface area contributed by atoms with Crippen LogP contribution < -0.4 is 0 Å². The number of rotatable bonds is 6. The molecule has 0 aliphatic heterocycles. The lowest BCUT2D eigenvalue weighted by Crippen LogP contribution is -1.89. The number of halogens is 1. The van der Waals surface area contributed by atoms with Crippen LogP contribution in [0.4, 0.5) is 0 Å². The minimum Gasteiger partial charge on any atom is -0.123 e. The summed E-state index contributed by atoms with van der Waals surface area (Å²) >= 11 is 5.79. The summed E-state index contributed by atoms with van der Waals surface area (Å²) in [5.41, 5.74) is 0. The van der Waals surface area contributed by atoms with Crippen LogP contribution in [0.5, 0.6) is 0 Å². The first kappa shape index (κ1) is 10.3. The summed E-state index contributed by atoms with van der Waals surface area (Å²) < 4.78 is 0. The third-order valence-electron chi connectivity index (χ3n) is 1.71. The molecule has 1 atom stereocenters. The van der Waals surface area contributed by atoms with Gasteiger partial charge in [-0.3, -0.25) is 0 Å². The topological polar surface area (TPSA) is 0 Å². The largest absolute Gasteiger partial charge is 0.123 e. The highest BCUT2D eigenvalue weighted by Crippen LogP contribution is 2.09. The van der Waals surface area contributed by atoms with Crippen LogP contribution in [0, 0.1) is 0 Å². The number of alkyl halides is 1. The number of unbranched alkanes of at least 4 members (excludes halogenated alkanes) is 4. The zero-order chi connectivity index (χ0) is 7.82. The van der Waals surface area contributed by atoms with Crippen molar-refractivity contribution in [1.29, 1.82) is 0 Å². The molecular formula is C9H19Cl. The molecule has 0 amide bonds. The van der Waals surface area contributed by atoms with Crippen LogP contribution in [0.3, 0.4) is 0 Å². The minimum absolute atomic E-state index is 0.377. The van der Waals surface area contributed by atoms with Crippen molar-refractivity contribution in [1.82, 2.24) is 0 Å². The SMILES string of the molecule is CCCCCCC[C@H](C)Cl. The van der Waals surface area contributed by atoms with Crippen molar-refractivity contribution in [3.63, 3.8) is 0 Å². The molecule has 0 saturated carbocycles. The van der Waals surface area contributed by atoms with Gasteiger partial charge in [0.25, 0.3) is 0 Å². The Morgan fingerprint density at radius 3 is 2.20 bits per heavy atom. The molecule has 62 valence electrons. The van der Waals surface area contributed by atoms with Gasteiger partial charge < -0.3 is 0 Å². The van der Waals surface area contributed by atoms with Gasteiger partial charge in [-0.05, 0) is 13.3 Å². The van der Waals surface area contributed by atoms with Gasteiger partial charge in [0.05, 0.1) is 0 Å². The third-order valence-corrected chi connectivity index (χ3v) is 1.92. The Balaban J connectivity index is 2.77. The molecule has 10 heavy (non-hydrogen) atoms. The van der Waals surface area contributed by atoms with E-state index in [0.29, 0.717) is 5.38 Å². The lowest BCUT2D eigenvalue weighted by Gasteiger charge is -2.01. The first-order chi connectivity index (χ1) is 4.77. The van der Waals surface area contributed by atoms with E-state index in [2.05, 4.69) is 13.8 Å². The van der Waals surface area contributed by atoms with E-state index >= 15 is 0 Å². The zero-order valence-corrected chi connectivity index (χ0v) is 7.95. The lowest BCUT2D eigenvalue weighted by molar-refractivity contribution is 0.604. The van der Waals surface area contributed by atoms with Crippen LogP contribution >= 0.6 is 11.6 Å². The van der Waals surface area contributed by atoms with Crippen molar-refractivity contribution in [2.24, 2.45) is 0 Å². The molecule has 0 aliphatic carbocycles. The fraction of sp³-hybridized carbons (Fsp3) is 1.00. The van der Waals surface area contributed by atoms with E-state index < -0.39 is 0 Å². The Morgan fingerprint density at radius 1 is 1.10 bits per heavy atom. The van der Waals surface area contributed by atoms with E-state index in [1.165, 1.54) is 38.5 Å². The maximum Gasteiger partial charge on any atom is 0.0307 e. The number of hydrogen-bond donors (Lipinski definition) is 0. The summed E-state index contributed by atoms with van der Waals surface area (Å²) in [6.07, 6.45) is 7.97. The molecule has 0 fully saturated rings. The predicted octanol–water partition coefficient (Wildman–Crippen LogP) is 3.97. The van der Waals surface area contributed by atoms with E-state index in [0.717, 1.165) is 0 Å². The Hall–Kier alpha value is 0.290. The summed E-state index contributed by atoms with van der Waals surface area (Å²) in [5, 5.41) is 0.377. The van der Waals surface area contributed by atoms with E-state index in [-0.39, 0.29) is 0 Å². The van der Waals surface area contributed by atoms with Crippen molar-refractivity contribution in [3.05, 3.63) is 0 Å². The van der Waals surface area contributed by atoms with Crippen molar-refractivity contribution in [2.75, 3.05) is 0 Å². The monoisotopic (exact) mass is 162 g/mol. The summed E-state index contributed by atoms with van der Waals surface area (Å²) in [4.78, 5) is 0. The van der Waals surface area contributed by atoms with Crippen LogP contribution in [0.25, 0.3) is 0 Å².